The highest BCUT2D eigenvalue weighted by Gasteiger charge is 2.27. The Morgan fingerprint density at radius 2 is 2.00 bits per heavy atom. The van der Waals surface area contributed by atoms with Crippen LogP contribution in [0.3, 0.4) is 0 Å². The standard InChI is InChI=1S/C25H29N3O4/c1-4-27(16-20-11-8-14-32-20)25(29)22-17-28(18-9-6-5-7-10-18)26-24(22)21-15-19(30-2)12-13-23(21)31-3/h5-7,9-10,12-13,15,17,20H,4,8,11,14,16H2,1-3H3. The fraction of sp³-hybridized carbons (Fsp3) is 0.360. The Bertz CT molecular complexity index is 1060. The van der Waals surface area contributed by atoms with E-state index >= 15 is 0 Å². The van der Waals surface area contributed by atoms with Crippen LogP contribution in [-0.4, -0.2) is 60.6 Å². The lowest BCUT2D eigenvalue weighted by atomic mass is 10.1. The monoisotopic (exact) mass is 435 g/mol. The van der Waals surface area contributed by atoms with Gasteiger partial charge in [-0.15, -0.1) is 0 Å². The second-order valence-corrected chi connectivity index (χ2v) is 7.72. The summed E-state index contributed by atoms with van der Waals surface area (Å²) in [5, 5.41) is 4.81. The Labute approximate surface area is 188 Å². The average molecular weight is 436 g/mol. The number of ether oxygens (including phenoxy) is 3. The molecule has 7 nitrogen and oxygen atoms in total. The summed E-state index contributed by atoms with van der Waals surface area (Å²) in [6.45, 7) is 3.90. The molecule has 1 unspecified atom stereocenters. The SMILES string of the molecule is CCN(CC1CCCO1)C(=O)c1cn(-c2ccccc2)nc1-c1cc(OC)ccc1OC. The van der Waals surface area contributed by atoms with Crippen LogP contribution in [0.1, 0.15) is 30.1 Å². The molecule has 32 heavy (non-hydrogen) atoms. The number of rotatable bonds is 8. The number of aromatic nitrogens is 2. The molecular weight excluding hydrogens is 406 g/mol. The van der Waals surface area contributed by atoms with Gasteiger partial charge in [0.2, 0.25) is 0 Å². The van der Waals surface area contributed by atoms with Crippen LogP contribution in [0, 0.1) is 0 Å². The van der Waals surface area contributed by atoms with E-state index in [9.17, 15) is 4.79 Å². The van der Waals surface area contributed by atoms with Crippen LogP contribution in [0.4, 0.5) is 0 Å². The van der Waals surface area contributed by atoms with Crippen molar-refractivity contribution in [2.45, 2.75) is 25.9 Å². The van der Waals surface area contributed by atoms with Crippen LogP contribution < -0.4 is 9.47 Å². The highest BCUT2D eigenvalue weighted by Crippen LogP contribution is 2.35. The molecule has 2 aromatic carbocycles. The lowest BCUT2D eigenvalue weighted by Crippen LogP contribution is -2.37. The first kappa shape index (κ1) is 21.9. The zero-order chi connectivity index (χ0) is 22.5. The van der Waals surface area contributed by atoms with Gasteiger partial charge in [-0.1, -0.05) is 18.2 Å². The summed E-state index contributed by atoms with van der Waals surface area (Å²) in [5.74, 6) is 1.21. The summed E-state index contributed by atoms with van der Waals surface area (Å²) in [5.41, 5.74) is 2.65. The summed E-state index contributed by atoms with van der Waals surface area (Å²) < 4.78 is 18.5. The second kappa shape index (κ2) is 9.87. The van der Waals surface area contributed by atoms with Gasteiger partial charge in [0.05, 0.1) is 31.6 Å². The highest BCUT2D eigenvalue weighted by molar-refractivity contribution is 6.00. The third-order valence-corrected chi connectivity index (χ3v) is 5.74. The number of likely N-dealkylation sites (N-methyl/N-ethyl adjacent to an activating group) is 1. The number of carbonyl (C=O) groups excluding carboxylic acids is 1. The maximum Gasteiger partial charge on any atom is 0.257 e. The number of para-hydroxylation sites is 1. The Hall–Kier alpha value is -3.32. The largest absolute Gasteiger partial charge is 0.497 e. The Balaban J connectivity index is 1.80. The molecule has 0 spiro atoms. The van der Waals surface area contributed by atoms with Crippen molar-refractivity contribution in [1.29, 1.82) is 0 Å². The van der Waals surface area contributed by atoms with Crippen molar-refractivity contribution in [2.24, 2.45) is 0 Å². The molecule has 0 bridgehead atoms. The van der Waals surface area contributed by atoms with E-state index in [4.69, 9.17) is 19.3 Å². The minimum absolute atomic E-state index is 0.0787. The molecule has 2 heterocycles. The molecule has 1 atom stereocenters. The van der Waals surface area contributed by atoms with Gasteiger partial charge in [0, 0.05) is 31.5 Å². The van der Waals surface area contributed by atoms with Gasteiger partial charge in [0.15, 0.2) is 0 Å². The number of hydrogen-bond acceptors (Lipinski definition) is 5. The molecule has 4 rings (SSSR count). The maximum atomic E-state index is 13.7. The van der Waals surface area contributed by atoms with Gasteiger partial charge in [-0.25, -0.2) is 4.68 Å². The normalized spacial score (nSPS) is 15.5. The minimum Gasteiger partial charge on any atom is -0.497 e. The summed E-state index contributed by atoms with van der Waals surface area (Å²) in [7, 11) is 3.22. The Kier molecular flexibility index (Phi) is 6.75. The average Bonchev–Trinajstić information content (AvgIpc) is 3.52. The van der Waals surface area contributed by atoms with Crippen LogP contribution in [0.25, 0.3) is 16.9 Å². The van der Waals surface area contributed by atoms with E-state index in [0.29, 0.717) is 41.4 Å². The number of carbonyl (C=O) groups is 1. The molecule has 3 aromatic rings. The first-order chi connectivity index (χ1) is 15.6. The molecule has 0 radical (unpaired) electrons. The van der Waals surface area contributed by atoms with Crippen LogP contribution >= 0.6 is 0 Å². The molecule has 0 N–H and O–H groups in total. The number of methoxy groups -OCH3 is 2. The van der Waals surface area contributed by atoms with E-state index in [1.165, 1.54) is 0 Å². The van der Waals surface area contributed by atoms with Gasteiger partial charge in [0.1, 0.15) is 17.2 Å². The molecule has 1 aliphatic rings. The van der Waals surface area contributed by atoms with Crippen LogP contribution in [0.5, 0.6) is 11.5 Å². The second-order valence-electron chi connectivity index (χ2n) is 7.72. The van der Waals surface area contributed by atoms with E-state index < -0.39 is 0 Å². The van der Waals surface area contributed by atoms with Crippen LogP contribution in [0.15, 0.2) is 54.7 Å². The third-order valence-electron chi connectivity index (χ3n) is 5.74. The van der Waals surface area contributed by atoms with Crippen molar-refractivity contribution in [1.82, 2.24) is 14.7 Å². The number of amides is 1. The summed E-state index contributed by atoms with van der Waals surface area (Å²) in [6, 6.07) is 15.3. The first-order valence-electron chi connectivity index (χ1n) is 10.9. The predicted molar refractivity (Wildman–Crippen MR) is 123 cm³/mol. The molecule has 1 amide bonds. The molecule has 0 aliphatic carbocycles. The van der Waals surface area contributed by atoms with Crippen LogP contribution in [-0.2, 0) is 4.74 Å². The lowest BCUT2D eigenvalue weighted by Gasteiger charge is -2.24. The van der Waals surface area contributed by atoms with E-state index in [0.717, 1.165) is 25.1 Å². The van der Waals surface area contributed by atoms with Crippen LogP contribution in [0.2, 0.25) is 0 Å². The highest BCUT2D eigenvalue weighted by atomic mass is 16.5. The third kappa shape index (κ3) is 4.48. The van der Waals surface area contributed by atoms with Gasteiger partial charge >= 0.3 is 0 Å². The van der Waals surface area contributed by atoms with Crippen molar-refractivity contribution in [2.75, 3.05) is 33.9 Å². The van der Waals surface area contributed by atoms with Crippen molar-refractivity contribution >= 4 is 5.91 Å². The molecule has 7 heteroatoms. The molecule has 1 aliphatic heterocycles. The maximum absolute atomic E-state index is 13.7. The fourth-order valence-electron chi connectivity index (χ4n) is 4.00. The molecular formula is C25H29N3O4. The summed E-state index contributed by atoms with van der Waals surface area (Å²) in [4.78, 5) is 15.5. The topological polar surface area (TPSA) is 65.8 Å². The zero-order valence-corrected chi connectivity index (χ0v) is 18.8. The van der Waals surface area contributed by atoms with Gasteiger partial charge < -0.3 is 19.1 Å². The predicted octanol–water partition coefficient (Wildman–Crippen LogP) is 4.20. The number of benzene rings is 2. The van der Waals surface area contributed by atoms with Gasteiger partial charge in [0.25, 0.3) is 5.91 Å². The van der Waals surface area contributed by atoms with Crippen molar-refractivity contribution in [3.8, 4) is 28.4 Å². The van der Waals surface area contributed by atoms with Crippen molar-refractivity contribution in [3.05, 3.63) is 60.3 Å². The number of nitrogens with zero attached hydrogens (tertiary/aromatic N) is 3. The Morgan fingerprint density at radius 3 is 2.66 bits per heavy atom. The van der Waals surface area contributed by atoms with Gasteiger partial charge in [-0.2, -0.15) is 5.10 Å². The number of hydrogen-bond donors (Lipinski definition) is 0. The van der Waals surface area contributed by atoms with Crippen molar-refractivity contribution in [3.63, 3.8) is 0 Å². The molecule has 1 saturated heterocycles. The summed E-state index contributed by atoms with van der Waals surface area (Å²) >= 11 is 0. The lowest BCUT2D eigenvalue weighted by molar-refractivity contribution is 0.0539. The van der Waals surface area contributed by atoms with E-state index in [-0.39, 0.29) is 12.0 Å². The van der Waals surface area contributed by atoms with Gasteiger partial charge in [-0.3, -0.25) is 4.79 Å². The molecule has 0 saturated carbocycles. The van der Waals surface area contributed by atoms with E-state index in [2.05, 4.69) is 0 Å². The summed E-state index contributed by atoms with van der Waals surface area (Å²) in [6.07, 6.45) is 3.89. The van der Waals surface area contributed by atoms with E-state index in [1.54, 1.807) is 25.1 Å². The van der Waals surface area contributed by atoms with Gasteiger partial charge in [-0.05, 0) is 50.1 Å². The fourth-order valence-corrected chi connectivity index (χ4v) is 4.00. The molecule has 168 valence electrons. The van der Waals surface area contributed by atoms with E-state index in [1.807, 2.05) is 60.4 Å². The zero-order valence-electron chi connectivity index (χ0n) is 18.8. The quantitative estimate of drug-likeness (QED) is 0.531. The minimum atomic E-state index is -0.0787. The Morgan fingerprint density at radius 1 is 1.19 bits per heavy atom. The first-order valence-corrected chi connectivity index (χ1v) is 10.9. The smallest absolute Gasteiger partial charge is 0.257 e. The molecule has 1 fully saturated rings. The van der Waals surface area contributed by atoms with Crippen molar-refractivity contribution < 1.29 is 19.0 Å². The molecule has 1 aromatic heterocycles.